The molecule has 1 atom stereocenters. The molecule has 6 heteroatoms. The Bertz CT molecular complexity index is 380. The number of anilines is 2. The predicted molar refractivity (Wildman–Crippen MR) is 68.7 cm³/mol. The van der Waals surface area contributed by atoms with Gasteiger partial charge in [0.15, 0.2) is 0 Å². The average Bonchev–Trinajstić information content (AvgIpc) is 2.74. The number of nitrogens with two attached hydrogens (primary N) is 1. The van der Waals surface area contributed by atoms with Crippen LogP contribution in [0.4, 0.5) is 11.6 Å². The summed E-state index contributed by atoms with van der Waals surface area (Å²) in [6, 6.07) is 0.464. The van der Waals surface area contributed by atoms with E-state index in [9.17, 15) is 0 Å². The summed E-state index contributed by atoms with van der Waals surface area (Å²) in [6.07, 6.45) is 3.54. The van der Waals surface area contributed by atoms with Crippen molar-refractivity contribution < 1.29 is 0 Å². The van der Waals surface area contributed by atoms with Crippen molar-refractivity contribution in [2.45, 2.75) is 25.8 Å². The molecule has 1 unspecified atom stereocenters. The summed E-state index contributed by atoms with van der Waals surface area (Å²) in [5, 5.41) is 3.48. The van der Waals surface area contributed by atoms with Gasteiger partial charge >= 0.3 is 0 Å². The largest absolute Gasteiger partial charge is 0.366 e. The van der Waals surface area contributed by atoms with Crippen molar-refractivity contribution in [2.75, 3.05) is 30.9 Å². The number of rotatable bonds is 4. The predicted octanol–water partition coefficient (Wildman–Crippen LogP) is 0.441. The highest BCUT2D eigenvalue weighted by Gasteiger charge is 2.21. The number of hydrogen-bond donors (Lipinski definition) is 3. The van der Waals surface area contributed by atoms with Crippen molar-refractivity contribution in [2.24, 2.45) is 5.84 Å². The zero-order chi connectivity index (χ0) is 12.3. The third-order valence-corrected chi connectivity index (χ3v) is 3.17. The second-order valence-corrected chi connectivity index (χ2v) is 4.44. The van der Waals surface area contributed by atoms with Crippen molar-refractivity contribution in [3.8, 4) is 0 Å². The van der Waals surface area contributed by atoms with Gasteiger partial charge in [0.05, 0.1) is 0 Å². The molecule has 1 aromatic heterocycles. The Morgan fingerprint density at radius 3 is 2.82 bits per heavy atom. The molecule has 0 aliphatic carbocycles. The first-order chi connectivity index (χ1) is 8.24. The lowest BCUT2D eigenvalue weighted by Crippen LogP contribution is -2.25. The number of aromatic nitrogens is 2. The normalized spacial score (nSPS) is 20.5. The molecule has 1 fully saturated rings. The lowest BCUT2D eigenvalue weighted by molar-refractivity contribution is 0.414. The molecular formula is C11H20N6. The van der Waals surface area contributed by atoms with Crippen molar-refractivity contribution in [3.63, 3.8) is 0 Å². The topological polar surface area (TPSA) is 79.1 Å². The van der Waals surface area contributed by atoms with E-state index in [1.54, 1.807) is 0 Å². The summed E-state index contributed by atoms with van der Waals surface area (Å²) in [6.45, 7) is 4.26. The summed E-state index contributed by atoms with van der Waals surface area (Å²) in [5.41, 5.74) is 3.66. The number of nitrogen functional groups attached to an aromatic ring is 1. The maximum absolute atomic E-state index is 5.45. The minimum Gasteiger partial charge on any atom is -0.366 e. The molecule has 94 valence electrons. The molecule has 2 rings (SSSR count). The molecule has 17 heavy (non-hydrogen) atoms. The van der Waals surface area contributed by atoms with Crippen molar-refractivity contribution in [1.82, 2.24) is 14.9 Å². The van der Waals surface area contributed by atoms with Gasteiger partial charge in [-0.05, 0) is 26.4 Å². The molecule has 1 saturated heterocycles. The summed E-state index contributed by atoms with van der Waals surface area (Å²) < 4.78 is 0. The molecule has 6 nitrogen and oxygen atoms in total. The van der Waals surface area contributed by atoms with Crippen LogP contribution in [0.2, 0.25) is 0 Å². The van der Waals surface area contributed by atoms with E-state index >= 15 is 0 Å². The van der Waals surface area contributed by atoms with Gasteiger partial charge in [-0.1, -0.05) is 6.92 Å². The molecular weight excluding hydrogens is 216 g/mol. The van der Waals surface area contributed by atoms with Crippen LogP contribution in [0.15, 0.2) is 6.33 Å². The van der Waals surface area contributed by atoms with Crippen LogP contribution in [0.3, 0.4) is 0 Å². The van der Waals surface area contributed by atoms with Crippen LogP contribution in [-0.2, 0) is 6.42 Å². The quantitative estimate of drug-likeness (QED) is 0.520. The van der Waals surface area contributed by atoms with Gasteiger partial charge in [0.2, 0.25) is 0 Å². The van der Waals surface area contributed by atoms with E-state index in [0.717, 1.165) is 37.3 Å². The van der Waals surface area contributed by atoms with Gasteiger partial charge in [-0.2, -0.15) is 0 Å². The number of nitrogens with zero attached hydrogens (tertiary/aromatic N) is 3. The molecule has 1 aliphatic heterocycles. The van der Waals surface area contributed by atoms with Gasteiger partial charge < -0.3 is 15.6 Å². The van der Waals surface area contributed by atoms with Gasteiger partial charge in [-0.15, -0.1) is 0 Å². The Morgan fingerprint density at radius 1 is 1.47 bits per heavy atom. The first kappa shape index (κ1) is 12.1. The minimum atomic E-state index is 0.464. The fourth-order valence-corrected chi connectivity index (χ4v) is 2.24. The maximum atomic E-state index is 5.45. The van der Waals surface area contributed by atoms with E-state index in [1.165, 1.54) is 6.33 Å². The van der Waals surface area contributed by atoms with E-state index in [4.69, 9.17) is 5.84 Å². The molecule has 0 amide bonds. The van der Waals surface area contributed by atoms with E-state index < -0.39 is 0 Å². The van der Waals surface area contributed by atoms with E-state index in [2.05, 4.69) is 39.6 Å². The van der Waals surface area contributed by atoms with E-state index in [0.29, 0.717) is 11.9 Å². The van der Waals surface area contributed by atoms with E-state index in [1.807, 2.05) is 0 Å². The molecule has 0 saturated carbocycles. The number of likely N-dealkylation sites (N-methyl/N-ethyl adjacent to an activating group) is 1. The molecule has 4 N–H and O–H groups in total. The van der Waals surface area contributed by atoms with Gasteiger partial charge in [0.1, 0.15) is 18.0 Å². The summed E-state index contributed by atoms with van der Waals surface area (Å²) >= 11 is 0. The fourth-order valence-electron chi connectivity index (χ4n) is 2.24. The standard InChI is InChI=1S/C11H20N6/c1-3-9-10(13-7-14-11(9)16-12)15-8-4-5-17(2)6-8/h7-8H,3-6,12H2,1-2H3,(H2,13,14,15,16). The first-order valence-electron chi connectivity index (χ1n) is 6.00. The van der Waals surface area contributed by atoms with Crippen LogP contribution in [0.5, 0.6) is 0 Å². The molecule has 0 radical (unpaired) electrons. The van der Waals surface area contributed by atoms with Crippen molar-refractivity contribution in [3.05, 3.63) is 11.9 Å². The molecule has 1 aliphatic rings. The van der Waals surface area contributed by atoms with Gasteiger partial charge in [-0.3, -0.25) is 0 Å². The Balaban J connectivity index is 2.14. The molecule has 0 aromatic carbocycles. The Labute approximate surface area is 102 Å². The van der Waals surface area contributed by atoms with Crippen LogP contribution in [0.25, 0.3) is 0 Å². The fraction of sp³-hybridized carbons (Fsp3) is 0.636. The van der Waals surface area contributed by atoms with Crippen LogP contribution in [-0.4, -0.2) is 41.0 Å². The second kappa shape index (κ2) is 5.29. The van der Waals surface area contributed by atoms with Gasteiger partial charge in [-0.25, -0.2) is 15.8 Å². The molecule has 0 bridgehead atoms. The number of nitrogens with one attached hydrogen (secondary N) is 2. The van der Waals surface area contributed by atoms with Gasteiger partial charge in [0.25, 0.3) is 0 Å². The van der Waals surface area contributed by atoms with Crippen molar-refractivity contribution >= 4 is 11.6 Å². The monoisotopic (exact) mass is 236 g/mol. The van der Waals surface area contributed by atoms with Crippen LogP contribution in [0, 0.1) is 0 Å². The Kier molecular flexibility index (Phi) is 3.75. The van der Waals surface area contributed by atoms with Crippen LogP contribution in [0.1, 0.15) is 18.9 Å². The smallest absolute Gasteiger partial charge is 0.148 e. The zero-order valence-electron chi connectivity index (χ0n) is 10.4. The summed E-state index contributed by atoms with van der Waals surface area (Å²) in [7, 11) is 2.13. The van der Waals surface area contributed by atoms with Crippen molar-refractivity contribution in [1.29, 1.82) is 0 Å². The molecule has 1 aromatic rings. The van der Waals surface area contributed by atoms with Gasteiger partial charge in [0, 0.05) is 18.2 Å². The Hall–Kier alpha value is -1.40. The number of hydrogen-bond acceptors (Lipinski definition) is 6. The third kappa shape index (κ3) is 2.65. The zero-order valence-corrected chi connectivity index (χ0v) is 10.4. The average molecular weight is 236 g/mol. The maximum Gasteiger partial charge on any atom is 0.148 e. The highest BCUT2D eigenvalue weighted by Crippen LogP contribution is 2.22. The van der Waals surface area contributed by atoms with Crippen LogP contribution < -0.4 is 16.6 Å². The summed E-state index contributed by atoms with van der Waals surface area (Å²) in [4.78, 5) is 10.7. The lowest BCUT2D eigenvalue weighted by atomic mass is 10.2. The van der Waals surface area contributed by atoms with Crippen LogP contribution >= 0.6 is 0 Å². The first-order valence-corrected chi connectivity index (χ1v) is 6.00. The SMILES string of the molecule is CCc1c(NN)ncnc1NC1CCN(C)C1. The minimum absolute atomic E-state index is 0.464. The van der Waals surface area contributed by atoms with E-state index in [-0.39, 0.29) is 0 Å². The number of likely N-dealkylation sites (tertiary alicyclic amines) is 1. The highest BCUT2D eigenvalue weighted by atomic mass is 15.3. The second-order valence-electron chi connectivity index (χ2n) is 4.44. The molecule has 2 heterocycles. The number of hydrazine groups is 1. The third-order valence-electron chi connectivity index (χ3n) is 3.17. The lowest BCUT2D eigenvalue weighted by Gasteiger charge is -2.17. The Morgan fingerprint density at radius 2 is 2.24 bits per heavy atom. The summed E-state index contributed by atoms with van der Waals surface area (Å²) in [5.74, 6) is 7.05. The molecule has 0 spiro atoms. The highest BCUT2D eigenvalue weighted by molar-refractivity contribution is 5.57.